The van der Waals surface area contributed by atoms with E-state index in [0.717, 1.165) is 5.56 Å². The number of carbonyl (C=O) groups excluding carboxylic acids is 2. The van der Waals surface area contributed by atoms with Crippen LogP contribution in [0.4, 0.5) is 14.5 Å². The normalized spacial score (nSPS) is 10.6. The number of amides is 2. The second-order valence-corrected chi connectivity index (χ2v) is 6.50. The molecule has 3 aromatic rings. The minimum atomic E-state index is -0.547. The number of carbonyl (C=O) groups is 2. The van der Waals surface area contributed by atoms with Crippen LogP contribution in [0.2, 0.25) is 0 Å². The van der Waals surface area contributed by atoms with Gasteiger partial charge in [-0.05, 0) is 49.2 Å². The summed E-state index contributed by atoms with van der Waals surface area (Å²) < 4.78 is 27.6. The minimum absolute atomic E-state index is 0.0417. The SMILES string of the molecule is Cc1ccc(F)cc1NC(=O)c1nnn(CC(=O)NCc2ccc(F)cc2)c1C. The topological polar surface area (TPSA) is 88.9 Å². The Labute approximate surface area is 165 Å². The van der Waals surface area contributed by atoms with Crippen LogP contribution >= 0.6 is 0 Å². The van der Waals surface area contributed by atoms with E-state index in [0.29, 0.717) is 16.9 Å². The molecule has 0 saturated carbocycles. The van der Waals surface area contributed by atoms with Crippen molar-refractivity contribution in [3.05, 3.63) is 76.6 Å². The highest BCUT2D eigenvalue weighted by molar-refractivity contribution is 6.03. The lowest BCUT2D eigenvalue weighted by atomic mass is 10.2. The van der Waals surface area contributed by atoms with Crippen molar-refractivity contribution in [2.75, 3.05) is 5.32 Å². The number of aryl methyl sites for hydroxylation is 1. The fraction of sp³-hybridized carbons (Fsp3) is 0.200. The van der Waals surface area contributed by atoms with Crippen molar-refractivity contribution in [2.24, 2.45) is 0 Å². The Balaban J connectivity index is 1.62. The van der Waals surface area contributed by atoms with Gasteiger partial charge < -0.3 is 10.6 Å². The molecule has 0 saturated heterocycles. The fourth-order valence-electron chi connectivity index (χ4n) is 2.63. The van der Waals surface area contributed by atoms with Crippen LogP contribution in [0.5, 0.6) is 0 Å². The summed E-state index contributed by atoms with van der Waals surface area (Å²) in [6.45, 7) is 3.45. The van der Waals surface area contributed by atoms with E-state index in [1.54, 1.807) is 32.0 Å². The van der Waals surface area contributed by atoms with Gasteiger partial charge in [-0.2, -0.15) is 0 Å². The van der Waals surface area contributed by atoms with Crippen molar-refractivity contribution in [3.8, 4) is 0 Å². The van der Waals surface area contributed by atoms with Gasteiger partial charge in [-0.25, -0.2) is 13.5 Å². The fourth-order valence-corrected chi connectivity index (χ4v) is 2.63. The average molecular weight is 399 g/mol. The second kappa shape index (κ2) is 8.59. The number of rotatable bonds is 6. The number of hydrogen-bond donors (Lipinski definition) is 2. The standard InChI is InChI=1S/C20H19F2N5O2/c1-12-3-6-16(22)9-17(12)24-20(29)19-13(2)27(26-25-19)11-18(28)23-10-14-4-7-15(21)8-5-14/h3-9H,10-11H2,1-2H3,(H,23,28)(H,24,29). The third-order valence-electron chi connectivity index (χ3n) is 4.34. The highest BCUT2D eigenvalue weighted by Crippen LogP contribution is 2.17. The number of benzene rings is 2. The quantitative estimate of drug-likeness (QED) is 0.667. The molecular weight excluding hydrogens is 380 g/mol. The van der Waals surface area contributed by atoms with E-state index in [1.165, 1.54) is 28.9 Å². The van der Waals surface area contributed by atoms with E-state index in [-0.39, 0.29) is 30.5 Å². The predicted octanol–water partition coefficient (Wildman–Crippen LogP) is 2.74. The van der Waals surface area contributed by atoms with Crippen LogP contribution in [0.15, 0.2) is 42.5 Å². The van der Waals surface area contributed by atoms with E-state index < -0.39 is 11.7 Å². The van der Waals surface area contributed by atoms with Gasteiger partial charge in [-0.1, -0.05) is 23.4 Å². The molecule has 0 radical (unpaired) electrons. The molecule has 9 heteroatoms. The summed E-state index contributed by atoms with van der Waals surface area (Å²) >= 11 is 0. The summed E-state index contributed by atoms with van der Waals surface area (Å²) in [4.78, 5) is 24.6. The first-order valence-electron chi connectivity index (χ1n) is 8.82. The second-order valence-electron chi connectivity index (χ2n) is 6.50. The van der Waals surface area contributed by atoms with E-state index in [4.69, 9.17) is 0 Å². The zero-order valence-corrected chi connectivity index (χ0v) is 15.9. The monoisotopic (exact) mass is 399 g/mol. The van der Waals surface area contributed by atoms with Crippen molar-refractivity contribution in [2.45, 2.75) is 26.9 Å². The van der Waals surface area contributed by atoms with E-state index >= 15 is 0 Å². The molecule has 1 heterocycles. The number of halogens is 2. The van der Waals surface area contributed by atoms with Crippen molar-refractivity contribution < 1.29 is 18.4 Å². The summed E-state index contributed by atoms with van der Waals surface area (Å²) in [7, 11) is 0. The zero-order chi connectivity index (χ0) is 21.0. The number of hydrogen-bond acceptors (Lipinski definition) is 4. The summed E-state index contributed by atoms with van der Waals surface area (Å²) in [5.74, 6) is -1.70. The van der Waals surface area contributed by atoms with Gasteiger partial charge >= 0.3 is 0 Å². The molecular formula is C20H19F2N5O2. The first-order valence-corrected chi connectivity index (χ1v) is 8.82. The van der Waals surface area contributed by atoms with Crippen molar-refractivity contribution in [1.29, 1.82) is 0 Å². The largest absolute Gasteiger partial charge is 0.350 e. The highest BCUT2D eigenvalue weighted by Gasteiger charge is 2.18. The van der Waals surface area contributed by atoms with Crippen LogP contribution in [0.3, 0.4) is 0 Å². The average Bonchev–Trinajstić information content (AvgIpc) is 3.04. The van der Waals surface area contributed by atoms with Crippen LogP contribution in [0.25, 0.3) is 0 Å². The molecule has 0 aliphatic heterocycles. The first kappa shape index (κ1) is 20.1. The molecule has 0 unspecified atom stereocenters. The van der Waals surface area contributed by atoms with Gasteiger partial charge in [-0.15, -0.1) is 5.10 Å². The molecule has 29 heavy (non-hydrogen) atoms. The molecule has 2 amide bonds. The molecule has 0 bridgehead atoms. The summed E-state index contributed by atoms with van der Waals surface area (Å²) in [5, 5.41) is 13.0. The highest BCUT2D eigenvalue weighted by atomic mass is 19.1. The van der Waals surface area contributed by atoms with Crippen molar-refractivity contribution in [3.63, 3.8) is 0 Å². The Bertz CT molecular complexity index is 1050. The van der Waals surface area contributed by atoms with Crippen LogP contribution < -0.4 is 10.6 Å². The molecule has 2 aromatic carbocycles. The molecule has 0 aliphatic rings. The summed E-state index contributed by atoms with van der Waals surface area (Å²) in [6, 6.07) is 9.86. The van der Waals surface area contributed by atoms with Gasteiger partial charge in [0.15, 0.2) is 5.69 Å². The lowest BCUT2D eigenvalue weighted by Gasteiger charge is -2.08. The number of anilines is 1. The Morgan fingerprint density at radius 3 is 2.45 bits per heavy atom. The molecule has 1 aromatic heterocycles. The third-order valence-corrected chi connectivity index (χ3v) is 4.34. The van der Waals surface area contributed by atoms with E-state index in [2.05, 4.69) is 20.9 Å². The van der Waals surface area contributed by atoms with Crippen LogP contribution in [-0.4, -0.2) is 26.8 Å². The number of nitrogens with one attached hydrogen (secondary N) is 2. The summed E-state index contributed by atoms with van der Waals surface area (Å²) in [6.07, 6.45) is 0. The Morgan fingerprint density at radius 1 is 1.03 bits per heavy atom. The Morgan fingerprint density at radius 2 is 1.72 bits per heavy atom. The maximum Gasteiger partial charge on any atom is 0.278 e. The minimum Gasteiger partial charge on any atom is -0.350 e. The van der Waals surface area contributed by atoms with Gasteiger partial charge in [0.05, 0.1) is 5.69 Å². The number of aromatic nitrogens is 3. The Kier molecular flexibility index (Phi) is 5.96. The van der Waals surface area contributed by atoms with E-state index in [1.807, 2.05) is 0 Å². The Hall–Kier alpha value is -3.62. The smallest absolute Gasteiger partial charge is 0.278 e. The van der Waals surface area contributed by atoms with Crippen molar-refractivity contribution in [1.82, 2.24) is 20.3 Å². The molecule has 0 aliphatic carbocycles. The van der Waals surface area contributed by atoms with Gasteiger partial charge in [-0.3, -0.25) is 9.59 Å². The van der Waals surface area contributed by atoms with Gasteiger partial charge in [0, 0.05) is 12.2 Å². The van der Waals surface area contributed by atoms with Gasteiger partial charge in [0.1, 0.15) is 18.2 Å². The van der Waals surface area contributed by atoms with Crippen LogP contribution in [0.1, 0.15) is 27.3 Å². The number of nitrogens with zero attached hydrogens (tertiary/aromatic N) is 3. The molecule has 2 N–H and O–H groups in total. The molecule has 0 fully saturated rings. The molecule has 150 valence electrons. The molecule has 7 nitrogen and oxygen atoms in total. The molecule has 0 spiro atoms. The third kappa shape index (κ3) is 5.01. The summed E-state index contributed by atoms with van der Waals surface area (Å²) in [5.41, 5.74) is 2.22. The van der Waals surface area contributed by atoms with Crippen molar-refractivity contribution >= 4 is 17.5 Å². The lowest BCUT2D eigenvalue weighted by Crippen LogP contribution is -2.28. The predicted molar refractivity (Wildman–Crippen MR) is 102 cm³/mol. The van der Waals surface area contributed by atoms with Gasteiger partial charge in [0.25, 0.3) is 5.91 Å². The lowest BCUT2D eigenvalue weighted by molar-refractivity contribution is -0.122. The molecule has 3 rings (SSSR count). The maximum absolute atomic E-state index is 13.4. The zero-order valence-electron chi connectivity index (χ0n) is 15.9. The maximum atomic E-state index is 13.4. The first-order chi connectivity index (χ1) is 13.8. The van der Waals surface area contributed by atoms with E-state index in [9.17, 15) is 18.4 Å². The molecule has 0 atom stereocenters. The van der Waals surface area contributed by atoms with Crippen LogP contribution in [0, 0.1) is 25.5 Å². The van der Waals surface area contributed by atoms with Crippen LogP contribution in [-0.2, 0) is 17.9 Å². The van der Waals surface area contributed by atoms with Gasteiger partial charge in [0.2, 0.25) is 5.91 Å².